The highest BCUT2D eigenvalue weighted by Crippen LogP contribution is 2.32. The second kappa shape index (κ2) is 10.5. The zero-order valence-electron chi connectivity index (χ0n) is 19.6. The number of rotatable bonds is 6. The lowest BCUT2D eigenvalue weighted by molar-refractivity contribution is -0.143. The van der Waals surface area contributed by atoms with Crippen molar-refractivity contribution in [1.82, 2.24) is 8.87 Å². The number of carbonyl (C=O) groups is 2. The van der Waals surface area contributed by atoms with E-state index in [-0.39, 0.29) is 23.9 Å². The molecular weight excluding hydrogens is 530 g/mol. The number of esters is 1. The van der Waals surface area contributed by atoms with E-state index < -0.39 is 27.9 Å². The molecule has 1 atom stereocenters. The summed E-state index contributed by atoms with van der Waals surface area (Å²) in [6.07, 6.45) is 1.75. The number of nitrogens with zero attached hydrogens (tertiary/aromatic N) is 3. The number of thiazole rings is 1. The van der Waals surface area contributed by atoms with Crippen LogP contribution < -0.4 is 4.80 Å². The van der Waals surface area contributed by atoms with Crippen LogP contribution in [0.4, 0.5) is 0 Å². The van der Waals surface area contributed by atoms with Crippen LogP contribution in [0.3, 0.4) is 0 Å². The molecule has 1 amide bonds. The Labute approximate surface area is 216 Å². The molecular formula is C23H26ClN3O5S3. The summed E-state index contributed by atoms with van der Waals surface area (Å²) in [7, 11) is -3.89. The maximum atomic E-state index is 13.4. The fourth-order valence-electron chi connectivity index (χ4n) is 4.06. The topological polar surface area (TPSA) is 98.0 Å². The first-order chi connectivity index (χ1) is 16.6. The van der Waals surface area contributed by atoms with E-state index in [9.17, 15) is 18.0 Å². The lowest BCUT2D eigenvalue weighted by Crippen LogP contribution is -2.47. The van der Waals surface area contributed by atoms with Crippen molar-refractivity contribution < 1.29 is 22.7 Å². The van der Waals surface area contributed by atoms with Gasteiger partial charge in [0.15, 0.2) is 4.80 Å². The molecule has 0 bridgehead atoms. The van der Waals surface area contributed by atoms with Crippen molar-refractivity contribution in [3.05, 3.63) is 44.5 Å². The van der Waals surface area contributed by atoms with Crippen molar-refractivity contribution in [3.63, 3.8) is 0 Å². The average Bonchev–Trinajstić information content (AvgIpc) is 3.39. The molecule has 188 valence electrons. The van der Waals surface area contributed by atoms with Crippen molar-refractivity contribution in [3.8, 4) is 0 Å². The Balaban J connectivity index is 1.77. The van der Waals surface area contributed by atoms with Crippen molar-refractivity contribution in [2.24, 2.45) is 4.99 Å². The maximum Gasteiger partial charge on any atom is 0.326 e. The number of amides is 1. The second-order valence-corrected chi connectivity index (χ2v) is 13.2. The molecule has 0 spiro atoms. The molecule has 3 heterocycles. The van der Waals surface area contributed by atoms with E-state index in [1.54, 1.807) is 11.5 Å². The molecule has 35 heavy (non-hydrogen) atoms. The van der Waals surface area contributed by atoms with Gasteiger partial charge in [0.2, 0.25) is 0 Å². The third kappa shape index (κ3) is 5.39. The van der Waals surface area contributed by atoms with Gasteiger partial charge in [-0.15, -0.1) is 11.3 Å². The monoisotopic (exact) mass is 555 g/mol. The molecule has 0 radical (unpaired) electrons. The number of piperidine rings is 1. The van der Waals surface area contributed by atoms with E-state index in [0.717, 1.165) is 39.1 Å². The standard InChI is InChI=1S/C23H26ClN3O5S3/c1-4-32-20(28)13-26-17-11-14(2)15(3)12-18(17)33-23(26)25-22(29)16-7-5-6-10-27(16)35(30,31)21-9-8-19(24)34-21/h8-9,11-12,16H,4-7,10,13H2,1-3H3. The highest BCUT2D eigenvalue weighted by molar-refractivity contribution is 7.91. The van der Waals surface area contributed by atoms with Gasteiger partial charge < -0.3 is 9.30 Å². The Kier molecular flexibility index (Phi) is 7.82. The molecule has 0 saturated carbocycles. The van der Waals surface area contributed by atoms with E-state index in [1.165, 1.54) is 27.8 Å². The maximum absolute atomic E-state index is 13.4. The zero-order chi connectivity index (χ0) is 25.3. The number of hydrogen-bond donors (Lipinski definition) is 0. The molecule has 1 saturated heterocycles. The molecule has 0 aliphatic carbocycles. The first-order valence-electron chi connectivity index (χ1n) is 11.2. The first kappa shape index (κ1) is 26.0. The van der Waals surface area contributed by atoms with Gasteiger partial charge in [-0.1, -0.05) is 29.4 Å². The Morgan fingerprint density at radius 2 is 1.91 bits per heavy atom. The van der Waals surface area contributed by atoms with Crippen LogP contribution >= 0.6 is 34.3 Å². The summed E-state index contributed by atoms with van der Waals surface area (Å²) in [5, 5.41) is 0. The van der Waals surface area contributed by atoms with Crippen molar-refractivity contribution in [2.75, 3.05) is 13.2 Å². The molecule has 1 unspecified atom stereocenters. The number of thiophene rings is 1. The highest BCUT2D eigenvalue weighted by Gasteiger charge is 2.38. The van der Waals surface area contributed by atoms with Crippen LogP contribution in [0.2, 0.25) is 4.34 Å². The molecule has 1 aliphatic heterocycles. The number of fused-ring (bicyclic) bond motifs is 1. The minimum absolute atomic E-state index is 0.0944. The van der Waals surface area contributed by atoms with Crippen molar-refractivity contribution >= 4 is 66.4 Å². The van der Waals surface area contributed by atoms with Crippen molar-refractivity contribution in [1.29, 1.82) is 0 Å². The van der Waals surface area contributed by atoms with E-state index >= 15 is 0 Å². The Morgan fingerprint density at radius 3 is 2.60 bits per heavy atom. The molecule has 1 aliphatic rings. The van der Waals surface area contributed by atoms with E-state index in [4.69, 9.17) is 16.3 Å². The summed E-state index contributed by atoms with van der Waals surface area (Å²) in [5.41, 5.74) is 2.91. The number of aromatic nitrogens is 1. The highest BCUT2D eigenvalue weighted by atomic mass is 35.5. The number of aryl methyl sites for hydroxylation is 2. The van der Waals surface area contributed by atoms with Gasteiger partial charge in [-0.25, -0.2) is 8.42 Å². The van der Waals surface area contributed by atoms with Crippen LogP contribution in [0.15, 0.2) is 33.5 Å². The summed E-state index contributed by atoms with van der Waals surface area (Å²) in [5.74, 6) is -0.982. The van der Waals surface area contributed by atoms with Crippen molar-refractivity contribution in [2.45, 2.75) is 56.8 Å². The summed E-state index contributed by atoms with van der Waals surface area (Å²) in [6.45, 7) is 6.08. The molecule has 2 aromatic heterocycles. The SMILES string of the molecule is CCOC(=O)Cn1c(=NC(=O)C2CCCCN2S(=O)(=O)c2ccc(Cl)s2)sc2cc(C)c(C)cc21. The van der Waals surface area contributed by atoms with Gasteiger partial charge in [0.1, 0.15) is 16.8 Å². The largest absolute Gasteiger partial charge is 0.465 e. The summed E-state index contributed by atoms with van der Waals surface area (Å²) in [6, 6.07) is 6.03. The molecule has 4 rings (SSSR count). The minimum atomic E-state index is -3.89. The van der Waals surface area contributed by atoms with Crippen LogP contribution in [0.25, 0.3) is 10.2 Å². The molecule has 0 N–H and O–H groups in total. The molecule has 8 nitrogen and oxygen atoms in total. The number of carbonyl (C=O) groups excluding carboxylic acids is 2. The van der Waals surface area contributed by atoms with Crippen LogP contribution in [-0.4, -0.2) is 48.4 Å². The number of ether oxygens (including phenoxy) is 1. The quantitative estimate of drug-likeness (QED) is 0.423. The van der Waals surface area contributed by atoms with Gasteiger partial charge in [-0.2, -0.15) is 9.30 Å². The Hall–Kier alpha value is -2.05. The fourth-order valence-corrected chi connectivity index (χ4v) is 8.43. The van der Waals surface area contributed by atoms with Crippen LogP contribution in [0.5, 0.6) is 0 Å². The molecule has 12 heteroatoms. The van der Waals surface area contributed by atoms with Gasteiger partial charge in [-0.3, -0.25) is 9.59 Å². The van der Waals surface area contributed by atoms with Crippen LogP contribution in [-0.2, 0) is 30.9 Å². The van der Waals surface area contributed by atoms with E-state index in [2.05, 4.69) is 4.99 Å². The van der Waals surface area contributed by atoms with E-state index in [0.29, 0.717) is 22.0 Å². The van der Waals surface area contributed by atoms with Gasteiger partial charge in [0, 0.05) is 6.54 Å². The third-order valence-corrected chi connectivity index (χ3v) is 10.6. The molecule has 1 fully saturated rings. The third-order valence-electron chi connectivity index (χ3n) is 5.95. The van der Waals surface area contributed by atoms with Gasteiger partial charge in [0.05, 0.1) is 21.2 Å². The summed E-state index contributed by atoms with van der Waals surface area (Å²) < 4.78 is 36.0. The van der Waals surface area contributed by atoms with Crippen LogP contribution in [0.1, 0.15) is 37.3 Å². The minimum Gasteiger partial charge on any atom is -0.465 e. The van der Waals surface area contributed by atoms with E-state index in [1.807, 2.05) is 26.0 Å². The predicted molar refractivity (Wildman–Crippen MR) is 137 cm³/mol. The lowest BCUT2D eigenvalue weighted by atomic mass is 10.0. The van der Waals surface area contributed by atoms with Gasteiger partial charge >= 0.3 is 5.97 Å². The van der Waals surface area contributed by atoms with Gasteiger partial charge in [0.25, 0.3) is 15.9 Å². The van der Waals surface area contributed by atoms with Crippen LogP contribution in [0, 0.1) is 13.8 Å². The normalized spacial score (nSPS) is 17.7. The lowest BCUT2D eigenvalue weighted by Gasteiger charge is -2.31. The fraction of sp³-hybridized carbons (Fsp3) is 0.435. The predicted octanol–water partition coefficient (Wildman–Crippen LogP) is 4.27. The average molecular weight is 556 g/mol. The number of sulfonamides is 1. The Morgan fingerprint density at radius 1 is 1.17 bits per heavy atom. The Bertz CT molecular complexity index is 1450. The first-order valence-corrected chi connectivity index (χ1v) is 14.7. The molecule has 1 aromatic carbocycles. The summed E-state index contributed by atoms with van der Waals surface area (Å²) in [4.78, 5) is 30.4. The second-order valence-electron chi connectivity index (χ2n) is 8.32. The number of hydrogen-bond acceptors (Lipinski definition) is 7. The zero-order valence-corrected chi connectivity index (χ0v) is 22.8. The summed E-state index contributed by atoms with van der Waals surface area (Å²) >= 11 is 8.22. The number of benzene rings is 1. The smallest absolute Gasteiger partial charge is 0.326 e. The van der Waals surface area contributed by atoms with Gasteiger partial charge in [-0.05, 0) is 69.0 Å². The number of halogens is 1. The molecule has 3 aromatic rings.